The van der Waals surface area contributed by atoms with Gasteiger partial charge in [-0.3, -0.25) is 9.69 Å². The fraction of sp³-hybridized carbons (Fsp3) is 0.533. The third kappa shape index (κ3) is 4.58. The molecule has 1 amide bonds. The molecule has 0 bridgehead atoms. The van der Waals surface area contributed by atoms with Crippen molar-refractivity contribution < 1.29 is 14.3 Å². The molecule has 0 saturated heterocycles. The Labute approximate surface area is 119 Å². The zero-order chi connectivity index (χ0) is 15.1. The van der Waals surface area contributed by atoms with Gasteiger partial charge in [0.2, 0.25) is 5.91 Å². The number of rotatable bonds is 7. The smallest absolute Gasteiger partial charge is 0.237 e. The van der Waals surface area contributed by atoms with Gasteiger partial charge in [0.15, 0.2) is 0 Å². The number of hydrogen-bond acceptors (Lipinski definition) is 3. The molecule has 1 aromatic carbocycles. The molecular weight excluding hydrogens is 259 g/mol. The second kappa shape index (κ2) is 7.97. The summed E-state index contributed by atoms with van der Waals surface area (Å²) in [6, 6.07) is 5.59. The summed E-state index contributed by atoms with van der Waals surface area (Å²) < 4.78 is 12.9. The highest BCUT2D eigenvalue weighted by Gasteiger charge is 2.21. The lowest BCUT2D eigenvalue weighted by molar-refractivity contribution is -0.126. The molecule has 112 valence electrons. The lowest BCUT2D eigenvalue weighted by atomic mass is 10.1. The Bertz CT molecular complexity index is 422. The standard InChI is InChI=1S/C15H23FN2O2/c1-4-18(9-10-19)12(3)15(20)17-11(2)13-5-7-14(16)8-6-13/h5-8,11-12,19H,4,9-10H2,1-3H3,(H,17,20). The van der Waals surface area contributed by atoms with Crippen molar-refractivity contribution in [3.63, 3.8) is 0 Å². The van der Waals surface area contributed by atoms with E-state index >= 15 is 0 Å². The fourth-order valence-electron chi connectivity index (χ4n) is 2.09. The van der Waals surface area contributed by atoms with E-state index in [0.29, 0.717) is 13.1 Å². The minimum absolute atomic E-state index is 0.0268. The highest BCUT2D eigenvalue weighted by molar-refractivity contribution is 5.81. The van der Waals surface area contributed by atoms with Gasteiger partial charge in [-0.2, -0.15) is 0 Å². The molecule has 0 radical (unpaired) electrons. The second-order valence-corrected chi connectivity index (χ2v) is 4.81. The van der Waals surface area contributed by atoms with Crippen LogP contribution in [0.15, 0.2) is 24.3 Å². The average Bonchev–Trinajstić information content (AvgIpc) is 2.44. The number of carbonyl (C=O) groups is 1. The van der Waals surface area contributed by atoms with Gasteiger partial charge >= 0.3 is 0 Å². The first-order valence-electron chi connectivity index (χ1n) is 6.90. The van der Waals surface area contributed by atoms with Gasteiger partial charge in [-0.25, -0.2) is 4.39 Å². The fourth-order valence-corrected chi connectivity index (χ4v) is 2.09. The zero-order valence-corrected chi connectivity index (χ0v) is 12.3. The van der Waals surface area contributed by atoms with E-state index in [1.54, 1.807) is 12.1 Å². The summed E-state index contributed by atoms with van der Waals surface area (Å²) >= 11 is 0. The Morgan fingerprint density at radius 3 is 2.45 bits per heavy atom. The van der Waals surface area contributed by atoms with E-state index < -0.39 is 0 Å². The van der Waals surface area contributed by atoms with E-state index in [0.717, 1.165) is 5.56 Å². The molecule has 0 aromatic heterocycles. The van der Waals surface area contributed by atoms with Crippen LogP contribution in [0.3, 0.4) is 0 Å². The minimum Gasteiger partial charge on any atom is -0.395 e. The quantitative estimate of drug-likeness (QED) is 0.800. The molecule has 2 unspecified atom stereocenters. The van der Waals surface area contributed by atoms with Gasteiger partial charge in [0.25, 0.3) is 0 Å². The van der Waals surface area contributed by atoms with E-state index in [9.17, 15) is 9.18 Å². The molecule has 0 saturated carbocycles. The Balaban J connectivity index is 2.62. The van der Waals surface area contributed by atoms with Crippen LogP contribution in [-0.4, -0.2) is 41.7 Å². The molecule has 1 rings (SSSR count). The Kier molecular flexibility index (Phi) is 6.61. The Morgan fingerprint density at radius 2 is 1.95 bits per heavy atom. The molecule has 0 heterocycles. The maximum Gasteiger partial charge on any atom is 0.237 e. The summed E-state index contributed by atoms with van der Waals surface area (Å²) in [5.41, 5.74) is 0.858. The average molecular weight is 282 g/mol. The molecule has 2 atom stereocenters. The summed E-state index contributed by atoms with van der Waals surface area (Å²) in [6.07, 6.45) is 0. The number of aliphatic hydroxyl groups is 1. The molecular formula is C15H23FN2O2. The van der Waals surface area contributed by atoms with Gasteiger partial charge in [-0.1, -0.05) is 19.1 Å². The molecule has 0 aliphatic rings. The predicted molar refractivity (Wildman–Crippen MR) is 76.8 cm³/mol. The maximum absolute atomic E-state index is 12.9. The summed E-state index contributed by atoms with van der Waals surface area (Å²) in [6.45, 7) is 6.81. The third-order valence-corrected chi connectivity index (χ3v) is 3.45. The molecule has 0 aliphatic heterocycles. The molecule has 20 heavy (non-hydrogen) atoms. The third-order valence-electron chi connectivity index (χ3n) is 3.45. The molecule has 4 nitrogen and oxygen atoms in total. The van der Waals surface area contributed by atoms with Gasteiger partial charge in [0, 0.05) is 6.54 Å². The number of nitrogens with zero attached hydrogens (tertiary/aromatic N) is 1. The van der Waals surface area contributed by atoms with Crippen LogP contribution < -0.4 is 5.32 Å². The number of benzene rings is 1. The largest absolute Gasteiger partial charge is 0.395 e. The summed E-state index contributed by atoms with van der Waals surface area (Å²) in [4.78, 5) is 14.1. The van der Waals surface area contributed by atoms with Crippen molar-refractivity contribution in [3.8, 4) is 0 Å². The number of halogens is 1. The highest BCUT2D eigenvalue weighted by Crippen LogP contribution is 2.13. The Hall–Kier alpha value is -1.46. The van der Waals surface area contributed by atoms with Crippen LogP contribution in [0.25, 0.3) is 0 Å². The Morgan fingerprint density at radius 1 is 1.35 bits per heavy atom. The molecule has 5 heteroatoms. The van der Waals surface area contributed by atoms with Crippen molar-refractivity contribution in [2.45, 2.75) is 32.9 Å². The summed E-state index contributed by atoms with van der Waals surface area (Å²) in [5.74, 6) is -0.391. The molecule has 1 aromatic rings. The number of likely N-dealkylation sites (N-methyl/N-ethyl adjacent to an activating group) is 1. The van der Waals surface area contributed by atoms with E-state index in [1.807, 2.05) is 25.7 Å². The van der Waals surface area contributed by atoms with Crippen molar-refractivity contribution in [2.24, 2.45) is 0 Å². The molecule has 0 aliphatic carbocycles. The van der Waals surface area contributed by atoms with Crippen molar-refractivity contribution in [3.05, 3.63) is 35.6 Å². The van der Waals surface area contributed by atoms with Crippen LogP contribution in [0.1, 0.15) is 32.4 Å². The van der Waals surface area contributed by atoms with Crippen LogP contribution in [-0.2, 0) is 4.79 Å². The second-order valence-electron chi connectivity index (χ2n) is 4.81. The monoisotopic (exact) mass is 282 g/mol. The van der Waals surface area contributed by atoms with Crippen molar-refractivity contribution in [1.29, 1.82) is 0 Å². The van der Waals surface area contributed by atoms with Gasteiger partial charge in [0.1, 0.15) is 5.82 Å². The first-order valence-corrected chi connectivity index (χ1v) is 6.90. The summed E-state index contributed by atoms with van der Waals surface area (Å²) in [7, 11) is 0. The highest BCUT2D eigenvalue weighted by atomic mass is 19.1. The van der Waals surface area contributed by atoms with Gasteiger partial charge in [0.05, 0.1) is 18.7 Å². The molecule has 0 spiro atoms. The molecule has 0 fully saturated rings. The number of carbonyl (C=O) groups excluding carboxylic acids is 1. The van der Waals surface area contributed by atoms with E-state index in [1.165, 1.54) is 12.1 Å². The van der Waals surface area contributed by atoms with Crippen LogP contribution in [0.2, 0.25) is 0 Å². The minimum atomic E-state index is -0.310. The van der Waals surface area contributed by atoms with E-state index in [4.69, 9.17) is 5.11 Å². The number of nitrogens with one attached hydrogen (secondary N) is 1. The van der Waals surface area contributed by atoms with E-state index in [2.05, 4.69) is 5.32 Å². The van der Waals surface area contributed by atoms with Crippen LogP contribution >= 0.6 is 0 Å². The van der Waals surface area contributed by atoms with Gasteiger partial charge in [-0.15, -0.1) is 0 Å². The van der Waals surface area contributed by atoms with Gasteiger partial charge < -0.3 is 10.4 Å². The predicted octanol–water partition coefficient (Wildman–Crippen LogP) is 1.71. The van der Waals surface area contributed by atoms with Gasteiger partial charge in [-0.05, 0) is 38.1 Å². The van der Waals surface area contributed by atoms with E-state index in [-0.39, 0.29) is 30.4 Å². The summed E-state index contributed by atoms with van der Waals surface area (Å²) in [5, 5.41) is 11.9. The van der Waals surface area contributed by atoms with Crippen LogP contribution in [0, 0.1) is 5.82 Å². The normalized spacial score (nSPS) is 14.1. The lowest BCUT2D eigenvalue weighted by Gasteiger charge is -2.27. The maximum atomic E-state index is 12.9. The SMILES string of the molecule is CCN(CCO)C(C)C(=O)NC(C)c1ccc(F)cc1. The molecule has 2 N–H and O–H groups in total. The number of hydrogen-bond donors (Lipinski definition) is 2. The van der Waals surface area contributed by atoms with Crippen molar-refractivity contribution >= 4 is 5.91 Å². The zero-order valence-electron chi connectivity index (χ0n) is 12.3. The first-order chi connectivity index (χ1) is 9.49. The number of amides is 1. The first kappa shape index (κ1) is 16.6. The van der Waals surface area contributed by atoms with Crippen molar-refractivity contribution in [2.75, 3.05) is 19.7 Å². The van der Waals surface area contributed by atoms with Crippen LogP contribution in [0.5, 0.6) is 0 Å². The van der Waals surface area contributed by atoms with Crippen molar-refractivity contribution in [1.82, 2.24) is 10.2 Å². The number of aliphatic hydroxyl groups excluding tert-OH is 1. The topological polar surface area (TPSA) is 52.6 Å². The lowest BCUT2D eigenvalue weighted by Crippen LogP contribution is -2.46. The van der Waals surface area contributed by atoms with Crippen LogP contribution in [0.4, 0.5) is 4.39 Å².